The molecule has 0 N–H and O–H groups in total. The Morgan fingerprint density at radius 1 is 1.12 bits per heavy atom. The molecule has 0 atom stereocenters. The maximum Gasteiger partial charge on any atom is 0.121 e. The third-order valence-electron chi connectivity index (χ3n) is 2.31. The Morgan fingerprint density at radius 2 is 2.06 bits per heavy atom. The van der Waals surface area contributed by atoms with Crippen LogP contribution in [0.25, 0.3) is 10.9 Å². The Kier molecular flexibility index (Phi) is 4.64. The van der Waals surface area contributed by atoms with Crippen molar-refractivity contribution in [2.24, 2.45) is 0 Å². The Bertz CT molecular complexity index is 476. The molecule has 1 heterocycles. The summed E-state index contributed by atoms with van der Waals surface area (Å²) in [5.41, 5.74) is 0.946. The number of pyridine rings is 1. The topological polar surface area (TPSA) is 31.4 Å². The molecule has 0 spiro atoms. The molecule has 2 rings (SSSR count). The van der Waals surface area contributed by atoms with Crippen LogP contribution < -0.4 is 4.74 Å². The molecule has 0 saturated heterocycles. The average molecular weight is 249 g/mol. The smallest absolute Gasteiger partial charge is 0.121 e. The lowest BCUT2D eigenvalue weighted by molar-refractivity contribution is 0.112. The van der Waals surface area contributed by atoms with Crippen molar-refractivity contribution >= 4 is 23.5 Å². The molecular weight excluding hydrogens is 234 g/mol. The molecular formula is C13H15NO2S. The van der Waals surface area contributed by atoms with Gasteiger partial charge < -0.3 is 9.47 Å². The molecule has 0 bridgehead atoms. The summed E-state index contributed by atoms with van der Waals surface area (Å²) >= 11 is 4.06. The number of rotatable bonds is 6. The first-order valence-corrected chi connectivity index (χ1v) is 6.19. The maximum absolute atomic E-state index is 5.57. The highest BCUT2D eigenvalue weighted by Gasteiger charge is 1.97. The third-order valence-corrected chi connectivity index (χ3v) is 2.49. The van der Waals surface area contributed by atoms with E-state index in [1.807, 2.05) is 30.3 Å². The molecule has 17 heavy (non-hydrogen) atoms. The number of hydrogen-bond acceptors (Lipinski definition) is 4. The van der Waals surface area contributed by atoms with Gasteiger partial charge in [-0.3, -0.25) is 4.98 Å². The van der Waals surface area contributed by atoms with Crippen LogP contribution in [-0.2, 0) is 4.74 Å². The van der Waals surface area contributed by atoms with Crippen LogP contribution in [0.1, 0.15) is 0 Å². The second-order valence-corrected chi connectivity index (χ2v) is 3.99. The van der Waals surface area contributed by atoms with E-state index in [1.165, 1.54) is 0 Å². The Balaban J connectivity index is 1.90. The molecule has 90 valence electrons. The van der Waals surface area contributed by atoms with E-state index >= 15 is 0 Å². The number of fused-ring (bicyclic) bond motifs is 1. The van der Waals surface area contributed by atoms with Crippen molar-refractivity contribution < 1.29 is 9.47 Å². The molecule has 0 amide bonds. The van der Waals surface area contributed by atoms with Crippen molar-refractivity contribution in [3.05, 3.63) is 36.5 Å². The van der Waals surface area contributed by atoms with Crippen molar-refractivity contribution in [3.63, 3.8) is 0 Å². The predicted molar refractivity (Wildman–Crippen MR) is 71.9 cm³/mol. The first-order chi connectivity index (χ1) is 8.40. The van der Waals surface area contributed by atoms with Crippen molar-refractivity contribution in [2.75, 3.05) is 25.6 Å². The molecule has 0 aliphatic heterocycles. The molecule has 4 heteroatoms. The van der Waals surface area contributed by atoms with E-state index in [-0.39, 0.29) is 0 Å². The maximum atomic E-state index is 5.57. The number of thiol groups is 1. The molecule has 0 aliphatic rings. The summed E-state index contributed by atoms with van der Waals surface area (Å²) in [6.45, 7) is 1.79. The first kappa shape index (κ1) is 12.2. The Morgan fingerprint density at radius 3 is 2.94 bits per heavy atom. The SMILES string of the molecule is SCCOCCOc1ccc2cccnc2c1. The average Bonchev–Trinajstić information content (AvgIpc) is 2.38. The van der Waals surface area contributed by atoms with Crippen LogP contribution in [0, 0.1) is 0 Å². The second kappa shape index (κ2) is 6.47. The van der Waals surface area contributed by atoms with Gasteiger partial charge in [0.1, 0.15) is 12.4 Å². The number of nitrogens with zero attached hydrogens (tertiary/aromatic N) is 1. The molecule has 0 fully saturated rings. The van der Waals surface area contributed by atoms with Crippen LogP contribution in [0.15, 0.2) is 36.5 Å². The van der Waals surface area contributed by atoms with E-state index in [9.17, 15) is 0 Å². The van der Waals surface area contributed by atoms with E-state index in [2.05, 4.69) is 17.6 Å². The third kappa shape index (κ3) is 3.61. The van der Waals surface area contributed by atoms with Crippen LogP contribution in [0.5, 0.6) is 5.75 Å². The lowest BCUT2D eigenvalue weighted by Crippen LogP contribution is -2.07. The summed E-state index contributed by atoms with van der Waals surface area (Å²) in [6.07, 6.45) is 1.78. The lowest BCUT2D eigenvalue weighted by Gasteiger charge is -2.07. The molecule has 2 aromatic rings. The van der Waals surface area contributed by atoms with Gasteiger partial charge in [0, 0.05) is 23.4 Å². The van der Waals surface area contributed by atoms with Gasteiger partial charge >= 0.3 is 0 Å². The standard InChI is InChI=1S/C13H15NO2S/c17-9-8-15-6-7-16-12-4-3-11-2-1-5-14-13(11)10-12/h1-5,10,17H,6-9H2. The zero-order valence-electron chi connectivity index (χ0n) is 9.50. The summed E-state index contributed by atoms with van der Waals surface area (Å²) in [6, 6.07) is 9.85. The summed E-state index contributed by atoms with van der Waals surface area (Å²) in [7, 11) is 0. The number of benzene rings is 1. The molecule has 0 aliphatic carbocycles. The van der Waals surface area contributed by atoms with Gasteiger partial charge in [-0.05, 0) is 18.2 Å². The fourth-order valence-corrected chi connectivity index (χ4v) is 1.65. The molecule has 0 unspecified atom stereocenters. The van der Waals surface area contributed by atoms with Gasteiger partial charge in [0.2, 0.25) is 0 Å². The van der Waals surface area contributed by atoms with Gasteiger partial charge in [-0.1, -0.05) is 6.07 Å². The van der Waals surface area contributed by atoms with E-state index < -0.39 is 0 Å². The van der Waals surface area contributed by atoms with Crippen LogP contribution in [0.2, 0.25) is 0 Å². The highest BCUT2D eigenvalue weighted by Crippen LogP contribution is 2.18. The van der Waals surface area contributed by atoms with Crippen LogP contribution in [-0.4, -0.2) is 30.6 Å². The molecule has 0 saturated carbocycles. The van der Waals surface area contributed by atoms with Gasteiger partial charge in [-0.2, -0.15) is 12.6 Å². The summed E-state index contributed by atoms with van der Waals surface area (Å²) < 4.78 is 10.8. The zero-order chi connectivity index (χ0) is 11.9. The van der Waals surface area contributed by atoms with Crippen molar-refractivity contribution in [2.45, 2.75) is 0 Å². The van der Waals surface area contributed by atoms with Gasteiger partial charge in [0.25, 0.3) is 0 Å². The fourth-order valence-electron chi connectivity index (χ4n) is 1.52. The van der Waals surface area contributed by atoms with E-state index in [4.69, 9.17) is 9.47 Å². The highest BCUT2D eigenvalue weighted by molar-refractivity contribution is 7.80. The number of ether oxygens (including phenoxy) is 2. The predicted octanol–water partition coefficient (Wildman–Crippen LogP) is 2.56. The van der Waals surface area contributed by atoms with Crippen molar-refractivity contribution in [1.29, 1.82) is 0 Å². The van der Waals surface area contributed by atoms with Gasteiger partial charge in [0.15, 0.2) is 0 Å². The lowest BCUT2D eigenvalue weighted by atomic mass is 10.2. The van der Waals surface area contributed by atoms with E-state index in [0.29, 0.717) is 19.8 Å². The van der Waals surface area contributed by atoms with Crippen LogP contribution >= 0.6 is 12.6 Å². The zero-order valence-corrected chi connectivity index (χ0v) is 10.4. The molecule has 3 nitrogen and oxygen atoms in total. The highest BCUT2D eigenvalue weighted by atomic mass is 32.1. The van der Waals surface area contributed by atoms with Gasteiger partial charge in [-0.25, -0.2) is 0 Å². The quantitative estimate of drug-likeness (QED) is 0.630. The minimum Gasteiger partial charge on any atom is -0.491 e. The van der Waals surface area contributed by atoms with Gasteiger partial charge in [0.05, 0.1) is 18.7 Å². The van der Waals surface area contributed by atoms with E-state index in [1.54, 1.807) is 6.20 Å². The van der Waals surface area contributed by atoms with Crippen molar-refractivity contribution in [1.82, 2.24) is 4.98 Å². The molecule has 0 radical (unpaired) electrons. The first-order valence-electron chi connectivity index (χ1n) is 5.56. The summed E-state index contributed by atoms with van der Waals surface area (Å²) in [5, 5.41) is 1.12. The largest absolute Gasteiger partial charge is 0.491 e. The normalized spacial score (nSPS) is 10.6. The summed E-state index contributed by atoms with van der Waals surface area (Å²) in [4.78, 5) is 4.28. The fraction of sp³-hybridized carbons (Fsp3) is 0.308. The minimum atomic E-state index is 0.548. The number of aromatic nitrogens is 1. The van der Waals surface area contributed by atoms with Gasteiger partial charge in [-0.15, -0.1) is 0 Å². The number of hydrogen-bond donors (Lipinski definition) is 1. The van der Waals surface area contributed by atoms with E-state index in [0.717, 1.165) is 22.4 Å². The Labute approximate surface area is 106 Å². The second-order valence-electron chi connectivity index (χ2n) is 3.54. The van der Waals surface area contributed by atoms with Crippen LogP contribution in [0.3, 0.4) is 0 Å². The van der Waals surface area contributed by atoms with Crippen molar-refractivity contribution in [3.8, 4) is 5.75 Å². The summed E-state index contributed by atoms with van der Waals surface area (Å²) in [5.74, 6) is 1.56. The Hall–Kier alpha value is -1.26. The minimum absolute atomic E-state index is 0.548. The molecule has 1 aromatic carbocycles. The molecule has 1 aromatic heterocycles. The van der Waals surface area contributed by atoms with Crippen LogP contribution in [0.4, 0.5) is 0 Å². The monoisotopic (exact) mass is 249 g/mol.